The number of aromatic nitrogens is 2. The zero-order valence-electron chi connectivity index (χ0n) is 8.20. The van der Waals surface area contributed by atoms with E-state index in [-0.39, 0.29) is 0 Å². The fraction of sp³-hybridized carbons (Fsp3) is 0.700. The van der Waals surface area contributed by atoms with Crippen molar-refractivity contribution in [3.8, 4) is 0 Å². The molecule has 1 saturated carbocycles. The third kappa shape index (κ3) is 1.07. The van der Waals surface area contributed by atoms with Crippen molar-refractivity contribution in [3.05, 3.63) is 11.3 Å². The van der Waals surface area contributed by atoms with Gasteiger partial charge in [0.15, 0.2) is 5.82 Å². The smallest absolute Gasteiger partial charge is 0.151 e. The van der Waals surface area contributed by atoms with Crippen molar-refractivity contribution >= 4 is 5.82 Å². The van der Waals surface area contributed by atoms with E-state index in [0.29, 0.717) is 18.5 Å². The zero-order chi connectivity index (χ0) is 9.54. The number of nitrogens with zero attached hydrogens (tertiary/aromatic N) is 2. The molecule has 1 aliphatic heterocycles. The molecule has 0 radical (unpaired) electrons. The summed E-state index contributed by atoms with van der Waals surface area (Å²) in [5.41, 5.74) is 8.31. The normalized spacial score (nSPS) is 21.7. The van der Waals surface area contributed by atoms with Crippen LogP contribution in [-0.4, -0.2) is 16.4 Å². The van der Waals surface area contributed by atoms with Gasteiger partial charge in [0.2, 0.25) is 0 Å². The highest BCUT2D eigenvalue weighted by Crippen LogP contribution is 2.35. The Morgan fingerprint density at radius 1 is 1.43 bits per heavy atom. The Labute approximate surface area is 83.0 Å². The van der Waals surface area contributed by atoms with Gasteiger partial charge in [-0.1, -0.05) is 0 Å². The molecular weight excluding hydrogens is 178 g/mol. The molecule has 76 valence electrons. The van der Waals surface area contributed by atoms with Gasteiger partial charge in [-0.15, -0.1) is 0 Å². The molecule has 14 heavy (non-hydrogen) atoms. The van der Waals surface area contributed by atoms with Crippen molar-refractivity contribution in [1.29, 1.82) is 0 Å². The summed E-state index contributed by atoms with van der Waals surface area (Å²) in [7, 11) is 0. The van der Waals surface area contributed by atoms with Crippen LogP contribution in [-0.2, 0) is 17.8 Å². The topological polar surface area (TPSA) is 53.1 Å². The highest BCUT2D eigenvalue weighted by Gasteiger charge is 2.27. The van der Waals surface area contributed by atoms with Crippen LogP contribution in [0.25, 0.3) is 0 Å². The number of hydrogen-bond donors (Lipinski definition) is 1. The molecule has 3 rings (SSSR count). The summed E-state index contributed by atoms with van der Waals surface area (Å²) < 4.78 is 7.54. The molecule has 0 aromatic carbocycles. The van der Waals surface area contributed by atoms with Gasteiger partial charge in [0.1, 0.15) is 0 Å². The quantitative estimate of drug-likeness (QED) is 0.730. The molecule has 2 N–H and O–H groups in total. The monoisotopic (exact) mass is 193 g/mol. The summed E-state index contributed by atoms with van der Waals surface area (Å²) in [5, 5.41) is 4.43. The fourth-order valence-corrected chi connectivity index (χ4v) is 2.22. The van der Waals surface area contributed by atoms with Crippen molar-refractivity contribution in [3.63, 3.8) is 0 Å². The molecule has 1 aromatic heterocycles. The molecule has 2 aliphatic rings. The Kier molecular flexibility index (Phi) is 1.77. The van der Waals surface area contributed by atoms with Gasteiger partial charge in [0.25, 0.3) is 0 Å². The van der Waals surface area contributed by atoms with Crippen LogP contribution in [0, 0.1) is 0 Å². The summed E-state index contributed by atoms with van der Waals surface area (Å²) >= 11 is 0. The van der Waals surface area contributed by atoms with Gasteiger partial charge < -0.3 is 10.5 Å². The van der Waals surface area contributed by atoms with E-state index in [1.807, 2.05) is 0 Å². The van der Waals surface area contributed by atoms with E-state index in [4.69, 9.17) is 10.5 Å². The lowest BCUT2D eigenvalue weighted by atomic mass is 9.93. The molecule has 0 spiro atoms. The van der Waals surface area contributed by atoms with Crippen LogP contribution in [0.1, 0.15) is 36.6 Å². The Bertz CT molecular complexity index is 354. The molecule has 0 atom stereocenters. The highest BCUT2D eigenvalue weighted by atomic mass is 16.5. The second-order valence-electron chi connectivity index (χ2n) is 4.14. The van der Waals surface area contributed by atoms with Crippen LogP contribution in [0.5, 0.6) is 0 Å². The van der Waals surface area contributed by atoms with Crippen LogP contribution < -0.4 is 5.73 Å². The number of hydrogen-bond acceptors (Lipinski definition) is 3. The minimum absolute atomic E-state index is 0.610. The third-order valence-corrected chi connectivity index (χ3v) is 3.30. The lowest BCUT2D eigenvalue weighted by Gasteiger charge is -2.28. The summed E-state index contributed by atoms with van der Waals surface area (Å²) in [6, 6.07) is 0.610. The fourth-order valence-electron chi connectivity index (χ4n) is 2.22. The van der Waals surface area contributed by atoms with Gasteiger partial charge in [-0.05, 0) is 19.3 Å². The van der Waals surface area contributed by atoms with E-state index in [1.54, 1.807) is 0 Å². The molecule has 4 nitrogen and oxygen atoms in total. The predicted molar refractivity (Wildman–Crippen MR) is 52.9 cm³/mol. The van der Waals surface area contributed by atoms with Gasteiger partial charge in [0.05, 0.1) is 19.3 Å². The number of nitrogens with two attached hydrogens (primary N) is 1. The zero-order valence-corrected chi connectivity index (χ0v) is 8.20. The van der Waals surface area contributed by atoms with Crippen LogP contribution in [0.3, 0.4) is 0 Å². The Morgan fingerprint density at radius 2 is 2.29 bits per heavy atom. The average molecular weight is 193 g/mol. The van der Waals surface area contributed by atoms with Gasteiger partial charge in [-0.2, -0.15) is 5.10 Å². The summed E-state index contributed by atoms with van der Waals surface area (Å²) in [4.78, 5) is 0. The molecule has 1 aromatic rings. The summed E-state index contributed by atoms with van der Waals surface area (Å²) in [6.45, 7) is 1.46. The van der Waals surface area contributed by atoms with E-state index in [1.165, 1.54) is 25.0 Å². The first-order valence-electron chi connectivity index (χ1n) is 5.30. The van der Waals surface area contributed by atoms with E-state index >= 15 is 0 Å². The SMILES string of the molecule is Nc1nn(C2CCC2)c2c1COCC2. The van der Waals surface area contributed by atoms with Gasteiger partial charge >= 0.3 is 0 Å². The average Bonchev–Trinajstić information content (AvgIpc) is 2.43. The molecule has 2 heterocycles. The van der Waals surface area contributed by atoms with Gasteiger partial charge in [-0.3, -0.25) is 4.68 Å². The maximum Gasteiger partial charge on any atom is 0.151 e. The van der Waals surface area contributed by atoms with Gasteiger partial charge in [-0.25, -0.2) is 0 Å². The van der Waals surface area contributed by atoms with E-state index < -0.39 is 0 Å². The molecule has 4 heteroatoms. The Morgan fingerprint density at radius 3 is 3.00 bits per heavy atom. The number of anilines is 1. The molecule has 1 fully saturated rings. The van der Waals surface area contributed by atoms with Crippen molar-refractivity contribution < 1.29 is 4.74 Å². The van der Waals surface area contributed by atoms with Gasteiger partial charge in [0, 0.05) is 17.7 Å². The van der Waals surface area contributed by atoms with E-state index in [0.717, 1.165) is 18.6 Å². The first kappa shape index (κ1) is 8.29. The Balaban J connectivity index is 2.02. The van der Waals surface area contributed by atoms with Crippen LogP contribution in [0.4, 0.5) is 5.82 Å². The van der Waals surface area contributed by atoms with Crippen LogP contribution >= 0.6 is 0 Å². The van der Waals surface area contributed by atoms with E-state index in [2.05, 4.69) is 9.78 Å². The van der Waals surface area contributed by atoms with Crippen molar-refractivity contribution in [2.24, 2.45) is 0 Å². The highest BCUT2D eigenvalue weighted by molar-refractivity contribution is 5.43. The summed E-state index contributed by atoms with van der Waals surface area (Å²) in [5.74, 6) is 0.673. The summed E-state index contributed by atoms with van der Waals surface area (Å²) in [6.07, 6.45) is 4.81. The molecule has 0 saturated heterocycles. The van der Waals surface area contributed by atoms with Crippen molar-refractivity contribution in [2.75, 3.05) is 12.3 Å². The minimum Gasteiger partial charge on any atom is -0.382 e. The Hall–Kier alpha value is -1.03. The lowest BCUT2D eigenvalue weighted by molar-refractivity contribution is 0.107. The molecule has 0 amide bonds. The molecule has 0 unspecified atom stereocenters. The lowest BCUT2D eigenvalue weighted by Crippen LogP contribution is -2.22. The van der Waals surface area contributed by atoms with E-state index in [9.17, 15) is 0 Å². The first-order valence-corrected chi connectivity index (χ1v) is 5.30. The van der Waals surface area contributed by atoms with Crippen molar-refractivity contribution in [2.45, 2.75) is 38.3 Å². The standard InChI is InChI=1S/C10H15N3O/c11-10-8-6-14-5-4-9(8)13(12-10)7-2-1-3-7/h7H,1-6H2,(H2,11,12). The number of nitrogen functional groups attached to an aromatic ring is 1. The van der Waals surface area contributed by atoms with Crippen LogP contribution in [0.2, 0.25) is 0 Å². The maximum atomic E-state index is 5.87. The second-order valence-corrected chi connectivity index (χ2v) is 4.14. The number of ether oxygens (including phenoxy) is 1. The minimum atomic E-state index is 0.610. The van der Waals surface area contributed by atoms with Crippen LogP contribution in [0.15, 0.2) is 0 Å². The molecule has 0 bridgehead atoms. The molecule has 1 aliphatic carbocycles. The predicted octanol–water partition coefficient (Wildman–Crippen LogP) is 1.26. The maximum absolute atomic E-state index is 5.87. The second kappa shape index (κ2) is 2.98. The number of rotatable bonds is 1. The number of fused-ring (bicyclic) bond motifs is 1. The molecular formula is C10H15N3O. The van der Waals surface area contributed by atoms with Crippen molar-refractivity contribution in [1.82, 2.24) is 9.78 Å². The largest absolute Gasteiger partial charge is 0.382 e. The third-order valence-electron chi connectivity index (χ3n) is 3.30. The first-order chi connectivity index (χ1) is 6.86.